The molecular weight excluding hydrogens is 256 g/mol. The topological polar surface area (TPSA) is 56.5 Å². The molecule has 0 fully saturated rings. The van der Waals surface area contributed by atoms with Crippen molar-refractivity contribution < 1.29 is 13.9 Å². The van der Waals surface area contributed by atoms with Crippen LogP contribution in [0.2, 0.25) is 0 Å². The smallest absolute Gasteiger partial charge is 0.336 e. The molecule has 0 saturated carbocycles. The van der Waals surface area contributed by atoms with Crippen molar-refractivity contribution in [2.75, 3.05) is 6.61 Å². The SMILES string of the molecule is CCOC(=O)C(C)c1cc(=O)oc2cc(C)c(C)cc12. The molecular formula is C16H18O4. The predicted octanol–water partition coefficient (Wildman–Crippen LogP) is 3.08. The fourth-order valence-corrected chi connectivity index (χ4v) is 2.19. The van der Waals surface area contributed by atoms with Crippen molar-refractivity contribution in [2.45, 2.75) is 33.6 Å². The number of esters is 1. The number of hydrogen-bond donors (Lipinski definition) is 0. The van der Waals surface area contributed by atoms with Crippen LogP contribution in [0.5, 0.6) is 0 Å². The second-order valence-electron chi connectivity index (χ2n) is 4.93. The van der Waals surface area contributed by atoms with E-state index in [1.165, 1.54) is 6.07 Å². The van der Waals surface area contributed by atoms with Crippen molar-refractivity contribution in [2.24, 2.45) is 0 Å². The highest BCUT2D eigenvalue weighted by atomic mass is 16.5. The minimum absolute atomic E-state index is 0.320. The van der Waals surface area contributed by atoms with Crippen LogP contribution in [-0.4, -0.2) is 12.6 Å². The van der Waals surface area contributed by atoms with E-state index in [9.17, 15) is 9.59 Å². The first-order valence-electron chi connectivity index (χ1n) is 6.65. The van der Waals surface area contributed by atoms with E-state index in [1.807, 2.05) is 26.0 Å². The number of carbonyl (C=O) groups is 1. The molecule has 0 aliphatic carbocycles. The van der Waals surface area contributed by atoms with Gasteiger partial charge in [-0.15, -0.1) is 0 Å². The van der Waals surface area contributed by atoms with Crippen LogP contribution >= 0.6 is 0 Å². The predicted molar refractivity (Wildman–Crippen MR) is 77.0 cm³/mol. The highest BCUT2D eigenvalue weighted by Crippen LogP contribution is 2.27. The van der Waals surface area contributed by atoms with Gasteiger partial charge in [0, 0.05) is 11.5 Å². The van der Waals surface area contributed by atoms with Gasteiger partial charge in [0.2, 0.25) is 0 Å². The molecule has 0 radical (unpaired) electrons. The number of ether oxygens (including phenoxy) is 1. The molecule has 0 amide bonds. The van der Waals surface area contributed by atoms with Crippen molar-refractivity contribution in [1.82, 2.24) is 0 Å². The van der Waals surface area contributed by atoms with E-state index in [0.717, 1.165) is 16.5 Å². The lowest BCUT2D eigenvalue weighted by atomic mass is 9.95. The lowest BCUT2D eigenvalue weighted by molar-refractivity contribution is -0.144. The summed E-state index contributed by atoms with van der Waals surface area (Å²) in [6.07, 6.45) is 0. The maximum absolute atomic E-state index is 11.9. The zero-order valence-corrected chi connectivity index (χ0v) is 12.1. The Bertz CT molecular complexity index is 712. The highest BCUT2D eigenvalue weighted by molar-refractivity contribution is 5.88. The molecule has 4 heteroatoms. The molecule has 1 unspecified atom stereocenters. The van der Waals surface area contributed by atoms with Gasteiger partial charge in [0.25, 0.3) is 0 Å². The molecule has 0 spiro atoms. The Hall–Kier alpha value is -2.10. The molecule has 0 bridgehead atoms. The Morgan fingerprint density at radius 3 is 2.55 bits per heavy atom. The number of rotatable bonds is 3. The first-order valence-corrected chi connectivity index (χ1v) is 6.65. The Morgan fingerprint density at radius 2 is 1.90 bits per heavy atom. The van der Waals surface area contributed by atoms with Gasteiger partial charge in [-0.2, -0.15) is 0 Å². The molecule has 4 nitrogen and oxygen atoms in total. The summed E-state index contributed by atoms with van der Waals surface area (Å²) in [5, 5.41) is 0.785. The highest BCUT2D eigenvalue weighted by Gasteiger charge is 2.20. The van der Waals surface area contributed by atoms with Crippen LogP contribution in [0.4, 0.5) is 0 Å². The summed E-state index contributed by atoms with van der Waals surface area (Å²) in [6.45, 7) is 7.76. The average Bonchev–Trinajstić information content (AvgIpc) is 2.39. The van der Waals surface area contributed by atoms with E-state index in [0.29, 0.717) is 17.8 Å². The summed E-state index contributed by atoms with van der Waals surface area (Å²) in [7, 11) is 0. The molecule has 1 aromatic carbocycles. The maximum atomic E-state index is 11.9. The van der Waals surface area contributed by atoms with Gasteiger partial charge in [0.15, 0.2) is 0 Å². The Labute approximate surface area is 117 Å². The van der Waals surface area contributed by atoms with Crippen molar-refractivity contribution in [1.29, 1.82) is 0 Å². The van der Waals surface area contributed by atoms with Gasteiger partial charge in [-0.25, -0.2) is 4.79 Å². The third-order valence-electron chi connectivity index (χ3n) is 3.50. The number of benzene rings is 1. The molecule has 106 valence electrons. The van der Waals surface area contributed by atoms with Gasteiger partial charge in [0.1, 0.15) is 5.58 Å². The summed E-state index contributed by atoms with van der Waals surface area (Å²) in [4.78, 5) is 23.6. The fraction of sp³-hybridized carbons (Fsp3) is 0.375. The minimum Gasteiger partial charge on any atom is -0.466 e. The largest absolute Gasteiger partial charge is 0.466 e. The van der Waals surface area contributed by atoms with Gasteiger partial charge in [-0.3, -0.25) is 4.79 Å². The van der Waals surface area contributed by atoms with Gasteiger partial charge in [0.05, 0.1) is 12.5 Å². The zero-order valence-electron chi connectivity index (χ0n) is 12.1. The molecule has 20 heavy (non-hydrogen) atoms. The van der Waals surface area contributed by atoms with Crippen LogP contribution < -0.4 is 5.63 Å². The normalized spacial score (nSPS) is 12.4. The van der Waals surface area contributed by atoms with Gasteiger partial charge in [-0.1, -0.05) is 0 Å². The van der Waals surface area contributed by atoms with E-state index < -0.39 is 11.5 Å². The molecule has 1 aromatic heterocycles. The van der Waals surface area contributed by atoms with Crippen LogP contribution in [0.1, 0.15) is 36.5 Å². The van der Waals surface area contributed by atoms with Crippen LogP contribution in [-0.2, 0) is 9.53 Å². The average molecular weight is 274 g/mol. The van der Waals surface area contributed by atoms with Crippen LogP contribution in [0.3, 0.4) is 0 Å². The monoisotopic (exact) mass is 274 g/mol. The number of carbonyl (C=O) groups excluding carboxylic acids is 1. The van der Waals surface area contributed by atoms with Crippen LogP contribution in [0.15, 0.2) is 27.4 Å². The second-order valence-corrected chi connectivity index (χ2v) is 4.93. The fourth-order valence-electron chi connectivity index (χ4n) is 2.19. The summed E-state index contributed by atoms with van der Waals surface area (Å²) in [5.41, 5.74) is 2.83. The van der Waals surface area contributed by atoms with Crippen molar-refractivity contribution in [3.8, 4) is 0 Å². The maximum Gasteiger partial charge on any atom is 0.336 e. The molecule has 2 aromatic rings. The quantitative estimate of drug-likeness (QED) is 0.637. The third-order valence-corrected chi connectivity index (χ3v) is 3.50. The first-order chi connectivity index (χ1) is 9.43. The van der Waals surface area contributed by atoms with Crippen molar-refractivity contribution in [3.63, 3.8) is 0 Å². The van der Waals surface area contributed by atoms with Crippen LogP contribution in [0.25, 0.3) is 11.0 Å². The number of aryl methyl sites for hydroxylation is 2. The molecule has 0 aliphatic rings. The van der Waals surface area contributed by atoms with E-state index >= 15 is 0 Å². The second kappa shape index (κ2) is 5.49. The summed E-state index contributed by atoms with van der Waals surface area (Å²) in [5.74, 6) is -0.832. The van der Waals surface area contributed by atoms with E-state index in [2.05, 4.69) is 0 Å². The zero-order chi connectivity index (χ0) is 14.9. The van der Waals surface area contributed by atoms with E-state index in [4.69, 9.17) is 9.15 Å². The lowest BCUT2D eigenvalue weighted by Crippen LogP contribution is -2.15. The molecule has 1 heterocycles. The van der Waals surface area contributed by atoms with E-state index in [1.54, 1.807) is 13.8 Å². The van der Waals surface area contributed by atoms with Crippen LogP contribution in [0, 0.1) is 13.8 Å². The summed E-state index contributed by atoms with van der Waals surface area (Å²) < 4.78 is 10.2. The molecule has 1 atom stereocenters. The Kier molecular flexibility index (Phi) is 3.93. The third kappa shape index (κ3) is 2.59. The van der Waals surface area contributed by atoms with Gasteiger partial charge < -0.3 is 9.15 Å². The molecule has 0 aliphatic heterocycles. The summed E-state index contributed by atoms with van der Waals surface area (Å²) >= 11 is 0. The van der Waals surface area contributed by atoms with Gasteiger partial charge in [-0.05, 0) is 56.5 Å². The number of fused-ring (bicyclic) bond motifs is 1. The minimum atomic E-state index is -0.497. The molecule has 2 rings (SSSR count). The lowest BCUT2D eigenvalue weighted by Gasteiger charge is -2.13. The Balaban J connectivity index is 2.66. The summed E-state index contributed by atoms with van der Waals surface area (Å²) in [6, 6.07) is 5.14. The number of hydrogen-bond acceptors (Lipinski definition) is 4. The Morgan fingerprint density at radius 1 is 1.25 bits per heavy atom. The standard InChI is InChI=1S/C16H18O4/c1-5-19-16(18)11(4)12-8-15(17)20-14-7-10(3)9(2)6-13(12)14/h6-8,11H,5H2,1-4H3. The van der Waals surface area contributed by atoms with E-state index in [-0.39, 0.29) is 5.97 Å². The first kappa shape index (κ1) is 14.3. The van der Waals surface area contributed by atoms with Gasteiger partial charge >= 0.3 is 11.6 Å². The molecule has 0 N–H and O–H groups in total. The molecule has 0 saturated heterocycles. The van der Waals surface area contributed by atoms with Crippen molar-refractivity contribution >= 4 is 16.9 Å². The van der Waals surface area contributed by atoms with Crippen molar-refractivity contribution in [3.05, 3.63) is 45.3 Å².